The highest BCUT2D eigenvalue weighted by Crippen LogP contribution is 2.06. The molecule has 20 heavy (non-hydrogen) atoms. The largest absolute Gasteiger partial charge is 0.392 e. The van der Waals surface area contributed by atoms with Crippen molar-refractivity contribution in [3.8, 4) is 0 Å². The normalized spacial score (nSPS) is 12.3. The van der Waals surface area contributed by atoms with Crippen molar-refractivity contribution in [2.75, 3.05) is 6.54 Å². The van der Waals surface area contributed by atoms with E-state index in [9.17, 15) is 9.59 Å². The van der Waals surface area contributed by atoms with Crippen molar-refractivity contribution in [2.24, 2.45) is 0 Å². The highest BCUT2D eigenvalue weighted by atomic mass is 16.3. The van der Waals surface area contributed by atoms with Crippen molar-refractivity contribution in [1.29, 1.82) is 0 Å². The number of nitrogens with one attached hydrogen (secondary N) is 2. The Bertz CT molecular complexity index is 664. The summed E-state index contributed by atoms with van der Waals surface area (Å²) in [5, 5.41) is 12.2. The third kappa shape index (κ3) is 3.64. The van der Waals surface area contributed by atoms with Gasteiger partial charge in [0.2, 0.25) is 5.91 Å². The fourth-order valence-electron chi connectivity index (χ4n) is 1.84. The predicted octanol–water partition coefficient (Wildman–Crippen LogP) is 0.353. The third-order valence-electron chi connectivity index (χ3n) is 2.85. The zero-order valence-electron chi connectivity index (χ0n) is 11.2. The van der Waals surface area contributed by atoms with Crippen LogP contribution in [0.15, 0.2) is 29.1 Å². The van der Waals surface area contributed by atoms with Gasteiger partial charge in [-0.25, -0.2) is 4.98 Å². The van der Waals surface area contributed by atoms with Crippen LogP contribution in [-0.2, 0) is 11.2 Å². The van der Waals surface area contributed by atoms with Gasteiger partial charge in [0.25, 0.3) is 5.56 Å². The molecule has 1 heterocycles. The number of nitrogens with zero attached hydrogens (tertiary/aromatic N) is 1. The van der Waals surface area contributed by atoms with Gasteiger partial charge < -0.3 is 15.4 Å². The Hall–Kier alpha value is -2.21. The summed E-state index contributed by atoms with van der Waals surface area (Å²) < 4.78 is 0. The van der Waals surface area contributed by atoms with Crippen LogP contribution in [0.4, 0.5) is 0 Å². The topological polar surface area (TPSA) is 95.1 Å². The predicted molar refractivity (Wildman–Crippen MR) is 75.4 cm³/mol. The van der Waals surface area contributed by atoms with Gasteiger partial charge in [0.05, 0.1) is 17.0 Å². The summed E-state index contributed by atoms with van der Waals surface area (Å²) in [6.45, 7) is 1.82. The number of aliphatic hydroxyl groups is 1. The highest BCUT2D eigenvalue weighted by Gasteiger charge is 2.07. The number of aromatic nitrogens is 2. The molecule has 6 nitrogen and oxygen atoms in total. The van der Waals surface area contributed by atoms with E-state index in [1.54, 1.807) is 25.1 Å². The van der Waals surface area contributed by atoms with Gasteiger partial charge in [0, 0.05) is 19.4 Å². The summed E-state index contributed by atoms with van der Waals surface area (Å²) in [4.78, 5) is 30.4. The van der Waals surface area contributed by atoms with E-state index >= 15 is 0 Å². The van der Waals surface area contributed by atoms with Crippen molar-refractivity contribution in [3.63, 3.8) is 0 Å². The van der Waals surface area contributed by atoms with Gasteiger partial charge in [-0.05, 0) is 19.1 Å². The molecular weight excluding hydrogens is 258 g/mol. The molecule has 6 heteroatoms. The average molecular weight is 275 g/mol. The molecule has 0 unspecified atom stereocenters. The van der Waals surface area contributed by atoms with Gasteiger partial charge in [-0.3, -0.25) is 9.59 Å². The molecule has 0 spiro atoms. The number of aromatic amines is 1. The maximum atomic E-state index is 11.8. The number of para-hydroxylation sites is 1. The Morgan fingerprint density at radius 1 is 1.45 bits per heavy atom. The number of carbonyl (C=O) groups excluding carboxylic acids is 1. The number of hydrogen-bond donors (Lipinski definition) is 3. The molecule has 0 fully saturated rings. The molecule has 0 radical (unpaired) electrons. The molecule has 0 bridgehead atoms. The Balaban J connectivity index is 2.03. The van der Waals surface area contributed by atoms with Crippen LogP contribution < -0.4 is 10.9 Å². The van der Waals surface area contributed by atoms with Crippen molar-refractivity contribution in [1.82, 2.24) is 15.3 Å². The number of rotatable bonds is 5. The lowest BCUT2D eigenvalue weighted by Crippen LogP contribution is -2.30. The summed E-state index contributed by atoms with van der Waals surface area (Å²) in [6, 6.07) is 7.07. The molecular formula is C14H17N3O3. The van der Waals surface area contributed by atoms with Crippen LogP contribution in [0.3, 0.4) is 0 Å². The Kier molecular flexibility index (Phi) is 4.47. The van der Waals surface area contributed by atoms with Crippen molar-refractivity contribution in [2.45, 2.75) is 25.9 Å². The maximum absolute atomic E-state index is 11.8. The minimum absolute atomic E-state index is 0.179. The summed E-state index contributed by atoms with van der Waals surface area (Å²) in [5.41, 5.74) is 0.422. The lowest BCUT2D eigenvalue weighted by Gasteiger charge is -2.07. The van der Waals surface area contributed by atoms with Gasteiger partial charge in [0.15, 0.2) is 0 Å². The van der Waals surface area contributed by atoms with Crippen LogP contribution in [0.1, 0.15) is 19.2 Å². The van der Waals surface area contributed by atoms with Gasteiger partial charge in [-0.1, -0.05) is 12.1 Å². The molecule has 2 aromatic rings. The first-order valence-corrected chi connectivity index (χ1v) is 6.49. The van der Waals surface area contributed by atoms with Crippen LogP contribution in [0.5, 0.6) is 0 Å². The quantitative estimate of drug-likeness (QED) is 0.734. The Morgan fingerprint density at radius 3 is 2.95 bits per heavy atom. The summed E-state index contributed by atoms with van der Waals surface area (Å²) in [5.74, 6) is 0.308. The van der Waals surface area contributed by atoms with Crippen LogP contribution in [0.25, 0.3) is 10.9 Å². The third-order valence-corrected chi connectivity index (χ3v) is 2.85. The number of hydrogen-bond acceptors (Lipinski definition) is 4. The first kappa shape index (κ1) is 14.2. The number of benzene rings is 1. The van der Waals surface area contributed by atoms with Gasteiger partial charge in [-0.15, -0.1) is 0 Å². The molecule has 3 N–H and O–H groups in total. The lowest BCUT2D eigenvalue weighted by molar-refractivity contribution is -0.121. The van der Waals surface area contributed by atoms with E-state index in [2.05, 4.69) is 15.3 Å². The number of amides is 1. The van der Waals surface area contributed by atoms with Gasteiger partial charge >= 0.3 is 0 Å². The second-order valence-electron chi connectivity index (χ2n) is 4.68. The van der Waals surface area contributed by atoms with E-state index in [0.717, 1.165) is 0 Å². The first-order valence-electron chi connectivity index (χ1n) is 6.49. The molecule has 106 valence electrons. The fraction of sp³-hybridized carbons (Fsp3) is 0.357. The molecule has 1 aromatic carbocycles. The molecule has 1 aromatic heterocycles. The number of H-pyrrole nitrogens is 1. The molecule has 0 saturated carbocycles. The van der Waals surface area contributed by atoms with Crippen LogP contribution >= 0.6 is 0 Å². The summed E-state index contributed by atoms with van der Waals surface area (Å²) in [7, 11) is 0. The van der Waals surface area contributed by atoms with Gasteiger partial charge in [0.1, 0.15) is 5.82 Å². The average Bonchev–Trinajstić information content (AvgIpc) is 2.43. The van der Waals surface area contributed by atoms with Crippen LogP contribution in [-0.4, -0.2) is 33.6 Å². The molecule has 0 aliphatic rings. The Morgan fingerprint density at radius 2 is 2.20 bits per heavy atom. The number of aliphatic hydroxyl groups excluding tert-OH is 1. The van der Waals surface area contributed by atoms with Crippen LogP contribution in [0.2, 0.25) is 0 Å². The van der Waals surface area contributed by atoms with Crippen molar-refractivity contribution < 1.29 is 9.90 Å². The molecule has 2 rings (SSSR count). The van der Waals surface area contributed by atoms with E-state index in [1.807, 2.05) is 6.07 Å². The molecule has 0 aliphatic carbocycles. The number of fused-ring (bicyclic) bond motifs is 1. The second kappa shape index (κ2) is 6.29. The summed E-state index contributed by atoms with van der Waals surface area (Å²) >= 11 is 0. The monoisotopic (exact) mass is 275 g/mol. The standard InChI is InChI=1S/C14H17N3O3/c1-9(18)8-15-13(19)7-6-12-16-11-5-3-2-4-10(11)14(20)17-12/h2-5,9,18H,6-8H2,1H3,(H,15,19)(H,16,17,20)/t9-/m0/s1. The number of aryl methyl sites for hydroxylation is 1. The van der Waals surface area contributed by atoms with Crippen LogP contribution in [0, 0.1) is 0 Å². The molecule has 1 amide bonds. The minimum atomic E-state index is -0.572. The fourth-order valence-corrected chi connectivity index (χ4v) is 1.84. The molecule has 0 aliphatic heterocycles. The van der Waals surface area contributed by atoms with E-state index in [0.29, 0.717) is 23.1 Å². The smallest absolute Gasteiger partial charge is 0.258 e. The van der Waals surface area contributed by atoms with E-state index in [-0.39, 0.29) is 24.4 Å². The molecule has 1 atom stereocenters. The minimum Gasteiger partial charge on any atom is -0.392 e. The van der Waals surface area contributed by atoms with E-state index in [1.165, 1.54) is 0 Å². The van der Waals surface area contributed by atoms with Gasteiger partial charge in [-0.2, -0.15) is 0 Å². The Labute approximate surface area is 115 Å². The zero-order chi connectivity index (χ0) is 14.5. The van der Waals surface area contributed by atoms with Crippen molar-refractivity contribution in [3.05, 3.63) is 40.4 Å². The maximum Gasteiger partial charge on any atom is 0.258 e. The number of carbonyl (C=O) groups is 1. The highest BCUT2D eigenvalue weighted by molar-refractivity contribution is 5.78. The van der Waals surface area contributed by atoms with E-state index < -0.39 is 6.10 Å². The summed E-state index contributed by atoms with van der Waals surface area (Å²) in [6.07, 6.45) is -0.00255. The molecule has 0 saturated heterocycles. The SMILES string of the molecule is C[C@H](O)CNC(=O)CCc1nc2ccccc2c(=O)[nH]1. The van der Waals surface area contributed by atoms with E-state index in [4.69, 9.17) is 5.11 Å². The zero-order valence-corrected chi connectivity index (χ0v) is 11.2. The lowest BCUT2D eigenvalue weighted by atomic mass is 10.2. The first-order chi connectivity index (χ1) is 9.56. The second-order valence-corrected chi connectivity index (χ2v) is 4.68. The van der Waals surface area contributed by atoms with Crippen molar-refractivity contribution >= 4 is 16.8 Å².